The van der Waals surface area contributed by atoms with E-state index in [-0.39, 0.29) is 0 Å². The first-order valence-electron chi connectivity index (χ1n) is 4.93. The van der Waals surface area contributed by atoms with Crippen LogP contribution in [0.4, 0.5) is 13.2 Å². The zero-order chi connectivity index (χ0) is 12.3. The monoisotopic (exact) mass is 239 g/mol. The second-order valence-electron chi connectivity index (χ2n) is 3.83. The van der Waals surface area contributed by atoms with Crippen molar-refractivity contribution in [2.45, 2.75) is 37.9 Å². The standard InChI is InChI=1S/C9H12F3NO3/c10-9(11,12)8(16)13-6(7(14)15)5-3-1-2-4-5/h5-6H,1-4H2,(H,13,16)(H,14,15)/t6-/m0/s1. The second-order valence-corrected chi connectivity index (χ2v) is 3.83. The highest BCUT2D eigenvalue weighted by molar-refractivity contribution is 5.87. The smallest absolute Gasteiger partial charge is 0.471 e. The van der Waals surface area contributed by atoms with Gasteiger partial charge in [0.05, 0.1) is 0 Å². The Morgan fingerprint density at radius 2 is 1.75 bits per heavy atom. The van der Waals surface area contributed by atoms with Gasteiger partial charge >= 0.3 is 18.1 Å². The number of nitrogens with one attached hydrogen (secondary N) is 1. The lowest BCUT2D eigenvalue weighted by atomic mass is 9.98. The number of rotatable bonds is 3. The molecular formula is C9H12F3NO3. The number of aliphatic carboxylic acids is 1. The number of carbonyl (C=O) groups is 2. The van der Waals surface area contributed by atoms with Gasteiger partial charge in [0.1, 0.15) is 6.04 Å². The third-order valence-corrected chi connectivity index (χ3v) is 2.68. The van der Waals surface area contributed by atoms with Crippen LogP contribution in [0.3, 0.4) is 0 Å². The van der Waals surface area contributed by atoms with Crippen LogP contribution in [0.1, 0.15) is 25.7 Å². The van der Waals surface area contributed by atoms with Gasteiger partial charge in [0.25, 0.3) is 0 Å². The minimum atomic E-state index is -5.04. The Morgan fingerprint density at radius 3 is 2.12 bits per heavy atom. The number of carbonyl (C=O) groups excluding carboxylic acids is 1. The molecule has 1 fully saturated rings. The molecule has 1 rings (SSSR count). The molecule has 0 radical (unpaired) electrons. The summed E-state index contributed by atoms with van der Waals surface area (Å²) in [6, 6.07) is -1.43. The van der Waals surface area contributed by atoms with Crippen molar-refractivity contribution in [1.82, 2.24) is 5.32 Å². The van der Waals surface area contributed by atoms with Crippen LogP contribution in [-0.2, 0) is 9.59 Å². The molecular weight excluding hydrogens is 227 g/mol. The summed E-state index contributed by atoms with van der Waals surface area (Å²) >= 11 is 0. The molecule has 7 heteroatoms. The molecule has 1 atom stereocenters. The highest BCUT2D eigenvalue weighted by Gasteiger charge is 2.42. The number of alkyl halides is 3. The van der Waals surface area contributed by atoms with E-state index < -0.39 is 30.0 Å². The lowest BCUT2D eigenvalue weighted by molar-refractivity contribution is -0.176. The van der Waals surface area contributed by atoms with Crippen LogP contribution in [0.2, 0.25) is 0 Å². The van der Waals surface area contributed by atoms with Crippen molar-refractivity contribution in [3.8, 4) is 0 Å². The quantitative estimate of drug-likeness (QED) is 0.780. The lowest BCUT2D eigenvalue weighted by Crippen LogP contribution is -2.49. The Balaban J connectivity index is 2.65. The van der Waals surface area contributed by atoms with Crippen LogP contribution < -0.4 is 5.32 Å². The van der Waals surface area contributed by atoms with Gasteiger partial charge in [-0.1, -0.05) is 12.8 Å². The van der Waals surface area contributed by atoms with E-state index in [2.05, 4.69) is 0 Å². The Labute approximate surface area is 89.8 Å². The van der Waals surface area contributed by atoms with Gasteiger partial charge < -0.3 is 10.4 Å². The van der Waals surface area contributed by atoms with Crippen LogP contribution in [-0.4, -0.2) is 29.2 Å². The van der Waals surface area contributed by atoms with E-state index in [1.807, 2.05) is 0 Å². The Hall–Kier alpha value is -1.27. The maximum atomic E-state index is 12.0. The SMILES string of the molecule is O=C(O)[C@@H](NC(=O)C(F)(F)F)C1CCCC1. The lowest BCUT2D eigenvalue weighted by Gasteiger charge is -2.21. The summed E-state index contributed by atoms with van der Waals surface area (Å²) < 4.78 is 35.9. The number of halogens is 3. The van der Waals surface area contributed by atoms with Crippen molar-refractivity contribution in [2.24, 2.45) is 5.92 Å². The van der Waals surface area contributed by atoms with Gasteiger partial charge in [0.15, 0.2) is 0 Å². The van der Waals surface area contributed by atoms with E-state index in [0.717, 1.165) is 12.8 Å². The maximum absolute atomic E-state index is 12.0. The van der Waals surface area contributed by atoms with Crippen LogP contribution >= 0.6 is 0 Å². The molecule has 0 aromatic carbocycles. The first-order valence-corrected chi connectivity index (χ1v) is 4.93. The Bertz CT molecular complexity index is 284. The van der Waals surface area contributed by atoms with Gasteiger partial charge in [-0.25, -0.2) is 4.79 Å². The average molecular weight is 239 g/mol. The predicted molar refractivity (Wildman–Crippen MR) is 47.6 cm³/mol. The molecule has 16 heavy (non-hydrogen) atoms. The van der Waals surface area contributed by atoms with Crippen molar-refractivity contribution < 1.29 is 27.9 Å². The first kappa shape index (κ1) is 12.8. The van der Waals surface area contributed by atoms with Crippen LogP contribution in [0.5, 0.6) is 0 Å². The molecule has 0 bridgehead atoms. The molecule has 0 saturated heterocycles. The summed E-state index contributed by atoms with van der Waals surface area (Å²) in [5, 5.41) is 10.3. The molecule has 4 nitrogen and oxygen atoms in total. The topological polar surface area (TPSA) is 66.4 Å². The Morgan fingerprint density at radius 1 is 1.25 bits per heavy atom. The fourth-order valence-electron chi connectivity index (χ4n) is 1.90. The van der Waals surface area contributed by atoms with Gasteiger partial charge in [-0.2, -0.15) is 13.2 Å². The molecule has 0 heterocycles. The summed E-state index contributed by atoms with van der Waals surface area (Å²) in [6.45, 7) is 0. The molecule has 0 aliphatic heterocycles. The molecule has 2 N–H and O–H groups in total. The number of carboxylic acids is 1. The highest BCUT2D eigenvalue weighted by atomic mass is 19.4. The normalized spacial score (nSPS) is 19.4. The van der Waals surface area contributed by atoms with Crippen molar-refractivity contribution in [3.63, 3.8) is 0 Å². The van der Waals surface area contributed by atoms with E-state index in [9.17, 15) is 22.8 Å². The van der Waals surface area contributed by atoms with Crippen molar-refractivity contribution >= 4 is 11.9 Å². The van der Waals surface area contributed by atoms with Gasteiger partial charge in [-0.05, 0) is 18.8 Å². The van der Waals surface area contributed by atoms with Gasteiger partial charge in [-0.3, -0.25) is 4.79 Å². The first-order chi connectivity index (χ1) is 7.32. The van der Waals surface area contributed by atoms with Gasteiger partial charge in [-0.15, -0.1) is 0 Å². The Kier molecular flexibility index (Phi) is 3.77. The molecule has 0 aromatic rings. The number of amides is 1. The zero-order valence-electron chi connectivity index (χ0n) is 8.38. The fraction of sp³-hybridized carbons (Fsp3) is 0.778. The van der Waals surface area contributed by atoms with Crippen molar-refractivity contribution in [2.75, 3.05) is 0 Å². The van der Waals surface area contributed by atoms with E-state index >= 15 is 0 Å². The molecule has 0 unspecified atom stereocenters. The van der Waals surface area contributed by atoms with E-state index in [1.54, 1.807) is 0 Å². The van der Waals surface area contributed by atoms with Gasteiger partial charge in [0.2, 0.25) is 0 Å². The molecule has 92 valence electrons. The minimum absolute atomic E-state index is 0.399. The van der Waals surface area contributed by atoms with Crippen LogP contribution in [0.25, 0.3) is 0 Å². The zero-order valence-corrected chi connectivity index (χ0v) is 8.38. The van der Waals surface area contributed by atoms with Crippen molar-refractivity contribution in [1.29, 1.82) is 0 Å². The molecule has 1 aliphatic carbocycles. The third-order valence-electron chi connectivity index (χ3n) is 2.68. The van der Waals surface area contributed by atoms with E-state index in [0.29, 0.717) is 12.8 Å². The summed E-state index contributed by atoms with van der Waals surface area (Å²) in [5.74, 6) is -4.00. The number of hydrogen-bond donors (Lipinski definition) is 2. The van der Waals surface area contributed by atoms with Crippen molar-refractivity contribution in [3.05, 3.63) is 0 Å². The summed E-state index contributed by atoms with van der Waals surface area (Å²) in [7, 11) is 0. The summed E-state index contributed by atoms with van der Waals surface area (Å²) in [4.78, 5) is 21.4. The minimum Gasteiger partial charge on any atom is -0.480 e. The van der Waals surface area contributed by atoms with Crippen LogP contribution in [0, 0.1) is 5.92 Å². The molecule has 0 spiro atoms. The molecule has 1 amide bonds. The maximum Gasteiger partial charge on any atom is 0.471 e. The molecule has 0 aromatic heterocycles. The summed E-state index contributed by atoms with van der Waals surface area (Å²) in [6.07, 6.45) is -2.39. The van der Waals surface area contributed by atoms with E-state index in [4.69, 9.17) is 5.11 Å². The van der Waals surface area contributed by atoms with Gasteiger partial charge in [0, 0.05) is 0 Å². The largest absolute Gasteiger partial charge is 0.480 e. The van der Waals surface area contributed by atoms with Crippen LogP contribution in [0.15, 0.2) is 0 Å². The predicted octanol–water partition coefficient (Wildman–Crippen LogP) is 1.31. The number of carboxylic acid groups (broad SMARTS) is 1. The highest BCUT2D eigenvalue weighted by Crippen LogP contribution is 2.28. The average Bonchev–Trinajstić information content (AvgIpc) is 2.63. The molecule has 1 aliphatic rings. The van der Waals surface area contributed by atoms with E-state index in [1.165, 1.54) is 5.32 Å². The fourth-order valence-corrected chi connectivity index (χ4v) is 1.90. The summed E-state index contributed by atoms with van der Waals surface area (Å²) in [5.41, 5.74) is 0. The molecule has 1 saturated carbocycles. The second kappa shape index (κ2) is 4.71. The third kappa shape index (κ3) is 3.11. The number of hydrogen-bond acceptors (Lipinski definition) is 2.